The average Bonchev–Trinajstić information content (AvgIpc) is 2.38. The molecular formula is C18H36O6. The maximum Gasteiger partial charge on any atom is 0.306 e. The van der Waals surface area contributed by atoms with Crippen molar-refractivity contribution in [3.05, 3.63) is 0 Å². The van der Waals surface area contributed by atoms with Gasteiger partial charge in [0.2, 0.25) is 0 Å². The molecule has 0 aliphatic rings. The molecule has 6 heteroatoms. The smallest absolute Gasteiger partial charge is 0.306 e. The molecule has 0 aromatic rings. The summed E-state index contributed by atoms with van der Waals surface area (Å²) in [5.41, 5.74) is -1.03. The second kappa shape index (κ2) is 10.3. The lowest BCUT2D eigenvalue weighted by Gasteiger charge is -2.29. The van der Waals surface area contributed by atoms with Gasteiger partial charge >= 0.3 is 5.97 Å². The molecule has 0 saturated carbocycles. The number of hydrogen-bond acceptors (Lipinski definition) is 6. The summed E-state index contributed by atoms with van der Waals surface area (Å²) in [6.07, 6.45) is 1.61. The number of rotatable bonds is 11. The molecule has 0 aliphatic heterocycles. The van der Waals surface area contributed by atoms with Gasteiger partial charge in [0.1, 0.15) is 0 Å². The van der Waals surface area contributed by atoms with E-state index in [0.717, 1.165) is 0 Å². The number of ether oxygens (including phenoxy) is 1. The van der Waals surface area contributed by atoms with Crippen LogP contribution in [0.4, 0.5) is 0 Å². The molecule has 0 atom stereocenters. The van der Waals surface area contributed by atoms with Crippen LogP contribution in [0.15, 0.2) is 0 Å². The Kier molecular flexibility index (Phi) is 10.0. The average molecular weight is 348 g/mol. The molecule has 0 bridgehead atoms. The standard InChI is InChI=1S/C18H36O6/c1-9-20-15(19)14-18(8,10-12-21-23-16(2,3)4)11-13-22-24-17(5,6)7/h9-14H2,1-8H3. The van der Waals surface area contributed by atoms with E-state index in [1.54, 1.807) is 6.92 Å². The summed E-state index contributed by atoms with van der Waals surface area (Å²) in [5.74, 6) is -0.214. The van der Waals surface area contributed by atoms with Crippen molar-refractivity contribution in [2.24, 2.45) is 5.41 Å². The van der Waals surface area contributed by atoms with Gasteiger partial charge in [-0.1, -0.05) is 6.92 Å². The van der Waals surface area contributed by atoms with E-state index in [9.17, 15) is 4.79 Å². The van der Waals surface area contributed by atoms with Crippen LogP contribution in [0.1, 0.15) is 74.7 Å². The molecule has 0 spiro atoms. The maximum atomic E-state index is 11.9. The van der Waals surface area contributed by atoms with E-state index in [1.807, 2.05) is 48.5 Å². The quantitative estimate of drug-likeness (QED) is 0.241. The number of hydrogen-bond donors (Lipinski definition) is 0. The van der Waals surface area contributed by atoms with Crippen molar-refractivity contribution in [1.82, 2.24) is 0 Å². The van der Waals surface area contributed by atoms with Gasteiger partial charge in [-0.2, -0.15) is 0 Å². The number of carbonyl (C=O) groups is 1. The maximum absolute atomic E-state index is 11.9. The molecule has 6 nitrogen and oxygen atoms in total. The van der Waals surface area contributed by atoms with Crippen LogP contribution in [0, 0.1) is 5.41 Å². The number of carbonyl (C=O) groups excluding carboxylic acids is 1. The summed E-state index contributed by atoms with van der Waals surface area (Å²) < 4.78 is 5.08. The van der Waals surface area contributed by atoms with Gasteiger partial charge in [0.15, 0.2) is 0 Å². The van der Waals surface area contributed by atoms with E-state index in [2.05, 4.69) is 0 Å². The lowest BCUT2D eigenvalue weighted by molar-refractivity contribution is -0.355. The third kappa shape index (κ3) is 13.7. The Morgan fingerprint density at radius 1 is 0.792 bits per heavy atom. The predicted octanol–water partition coefficient (Wildman–Crippen LogP) is 4.22. The summed E-state index contributed by atoms with van der Waals surface area (Å²) in [5, 5.41) is 0. The highest BCUT2D eigenvalue weighted by atomic mass is 17.2. The third-order valence-corrected chi connectivity index (χ3v) is 3.07. The minimum absolute atomic E-state index is 0.214. The van der Waals surface area contributed by atoms with Gasteiger partial charge in [0.25, 0.3) is 0 Å². The molecule has 0 amide bonds. The second-order valence-corrected chi connectivity index (χ2v) is 8.33. The molecule has 0 N–H and O–H groups in total. The molecule has 0 aromatic carbocycles. The van der Waals surface area contributed by atoms with Crippen molar-refractivity contribution in [3.63, 3.8) is 0 Å². The van der Waals surface area contributed by atoms with Crippen LogP contribution >= 0.6 is 0 Å². The highest BCUT2D eigenvalue weighted by Crippen LogP contribution is 2.31. The Hall–Kier alpha value is -0.690. The predicted molar refractivity (Wildman–Crippen MR) is 92.2 cm³/mol. The van der Waals surface area contributed by atoms with Crippen molar-refractivity contribution < 1.29 is 29.1 Å². The summed E-state index contributed by atoms with van der Waals surface area (Å²) in [7, 11) is 0. The Bertz CT molecular complexity index is 332. The molecule has 0 saturated heterocycles. The Balaban J connectivity index is 4.45. The van der Waals surface area contributed by atoms with Crippen LogP contribution in [-0.4, -0.2) is 37.0 Å². The summed E-state index contributed by atoms with van der Waals surface area (Å²) in [4.78, 5) is 33.0. The van der Waals surface area contributed by atoms with Gasteiger partial charge < -0.3 is 4.74 Å². The first-order valence-electron chi connectivity index (χ1n) is 8.64. The van der Waals surface area contributed by atoms with E-state index < -0.39 is 0 Å². The van der Waals surface area contributed by atoms with Gasteiger partial charge in [-0.3, -0.25) is 4.79 Å². The van der Waals surface area contributed by atoms with Crippen LogP contribution in [0.2, 0.25) is 0 Å². The van der Waals surface area contributed by atoms with Crippen LogP contribution in [-0.2, 0) is 29.1 Å². The van der Waals surface area contributed by atoms with Crippen molar-refractivity contribution in [2.75, 3.05) is 19.8 Å². The highest BCUT2D eigenvalue weighted by Gasteiger charge is 2.29. The Labute approximate surface area is 147 Å². The van der Waals surface area contributed by atoms with Crippen LogP contribution in [0.25, 0.3) is 0 Å². The zero-order valence-electron chi connectivity index (χ0n) is 16.7. The lowest BCUT2D eigenvalue weighted by atomic mass is 9.80. The normalized spacial score (nSPS) is 13.2. The monoisotopic (exact) mass is 348 g/mol. The fourth-order valence-corrected chi connectivity index (χ4v) is 1.88. The summed E-state index contributed by atoms with van der Waals surface area (Å²) in [6.45, 7) is 16.5. The Morgan fingerprint density at radius 2 is 1.21 bits per heavy atom. The second-order valence-electron chi connectivity index (χ2n) is 8.33. The first-order valence-corrected chi connectivity index (χ1v) is 8.64. The molecule has 0 rings (SSSR count). The van der Waals surface area contributed by atoms with Gasteiger partial charge in [-0.05, 0) is 66.7 Å². The van der Waals surface area contributed by atoms with Gasteiger partial charge in [-0.25, -0.2) is 19.6 Å². The number of esters is 1. The summed E-state index contributed by atoms with van der Waals surface area (Å²) in [6, 6.07) is 0. The molecule has 0 aromatic heterocycles. The van der Waals surface area contributed by atoms with E-state index >= 15 is 0 Å². The highest BCUT2D eigenvalue weighted by molar-refractivity contribution is 5.70. The molecule has 144 valence electrons. The minimum atomic E-state index is -0.360. The van der Waals surface area contributed by atoms with Crippen LogP contribution < -0.4 is 0 Å². The molecule has 0 heterocycles. The van der Waals surface area contributed by atoms with E-state index in [1.165, 1.54) is 0 Å². The van der Waals surface area contributed by atoms with E-state index in [-0.39, 0.29) is 22.6 Å². The molecule has 0 radical (unpaired) electrons. The van der Waals surface area contributed by atoms with Crippen LogP contribution in [0.3, 0.4) is 0 Å². The zero-order valence-corrected chi connectivity index (χ0v) is 16.7. The third-order valence-electron chi connectivity index (χ3n) is 3.07. The fraction of sp³-hybridized carbons (Fsp3) is 0.944. The SMILES string of the molecule is CCOC(=O)CC(C)(CCOOC(C)(C)C)CCOOC(C)(C)C. The van der Waals surface area contributed by atoms with E-state index in [4.69, 9.17) is 24.3 Å². The lowest BCUT2D eigenvalue weighted by Crippen LogP contribution is -2.28. The first-order chi connectivity index (χ1) is 10.9. The van der Waals surface area contributed by atoms with Gasteiger partial charge in [0.05, 0.1) is 37.4 Å². The molecular weight excluding hydrogens is 312 g/mol. The van der Waals surface area contributed by atoms with Gasteiger partial charge in [0, 0.05) is 0 Å². The molecule has 0 fully saturated rings. The topological polar surface area (TPSA) is 63.2 Å². The van der Waals surface area contributed by atoms with Crippen molar-refractivity contribution in [3.8, 4) is 0 Å². The molecule has 0 aliphatic carbocycles. The summed E-state index contributed by atoms with van der Waals surface area (Å²) >= 11 is 0. The van der Waals surface area contributed by atoms with Crippen LogP contribution in [0.5, 0.6) is 0 Å². The van der Waals surface area contributed by atoms with Crippen molar-refractivity contribution in [1.29, 1.82) is 0 Å². The fourth-order valence-electron chi connectivity index (χ4n) is 1.88. The molecule has 24 heavy (non-hydrogen) atoms. The van der Waals surface area contributed by atoms with Gasteiger partial charge in [-0.15, -0.1) is 0 Å². The molecule has 0 unspecified atom stereocenters. The zero-order chi connectivity index (χ0) is 18.9. The minimum Gasteiger partial charge on any atom is -0.466 e. The van der Waals surface area contributed by atoms with Crippen molar-refractivity contribution in [2.45, 2.75) is 85.9 Å². The van der Waals surface area contributed by atoms with Crippen molar-refractivity contribution >= 4 is 5.97 Å². The van der Waals surface area contributed by atoms with E-state index in [0.29, 0.717) is 39.1 Å². The Morgan fingerprint density at radius 3 is 1.54 bits per heavy atom. The largest absolute Gasteiger partial charge is 0.466 e. The first kappa shape index (κ1) is 23.3.